The Bertz CT molecular complexity index is 1510. The molecular weight excluding hydrogens is 610 g/mol. The van der Waals surface area contributed by atoms with Crippen molar-refractivity contribution in [1.82, 2.24) is 20.1 Å². The van der Waals surface area contributed by atoms with Gasteiger partial charge in [-0.15, -0.1) is 11.6 Å². The van der Waals surface area contributed by atoms with Crippen LogP contribution < -0.4 is 15.4 Å². The minimum Gasteiger partial charge on any atom is -0.471 e. The molecule has 45 heavy (non-hydrogen) atoms. The molecule has 2 saturated carbocycles. The van der Waals surface area contributed by atoms with E-state index in [1.165, 1.54) is 23.6 Å². The molecule has 9 atom stereocenters. The van der Waals surface area contributed by atoms with Crippen LogP contribution in [-0.4, -0.2) is 86.3 Å². The second kappa shape index (κ2) is 10.5. The van der Waals surface area contributed by atoms with Crippen molar-refractivity contribution in [3.8, 4) is 11.8 Å². The molecule has 1 aromatic heterocycles. The van der Waals surface area contributed by atoms with Gasteiger partial charge in [0.05, 0.1) is 18.8 Å². The van der Waals surface area contributed by atoms with E-state index in [2.05, 4.69) is 21.7 Å². The van der Waals surface area contributed by atoms with Crippen LogP contribution in [0.4, 0.5) is 14.6 Å². The second-order valence-corrected chi connectivity index (χ2v) is 15.6. The fraction of sp³-hybridized carbons (Fsp3) is 0.677. The van der Waals surface area contributed by atoms with Gasteiger partial charge in [0.25, 0.3) is 5.91 Å². The van der Waals surface area contributed by atoms with E-state index in [0.29, 0.717) is 12.8 Å². The Morgan fingerprint density at radius 1 is 1.22 bits per heavy atom. The second-order valence-electron chi connectivity index (χ2n) is 14.7. The van der Waals surface area contributed by atoms with Crippen LogP contribution in [-0.2, 0) is 19.2 Å². The number of hydrogen-bond acceptors (Lipinski definition) is 7. The number of pyridine rings is 1. The molecule has 9 unspecified atom stereocenters. The highest BCUT2D eigenvalue weighted by atomic mass is 35.5. The third kappa shape index (κ3) is 5.09. The van der Waals surface area contributed by atoms with Crippen LogP contribution in [0.15, 0.2) is 12.3 Å². The summed E-state index contributed by atoms with van der Waals surface area (Å²) >= 11 is 6.26. The van der Waals surface area contributed by atoms with Crippen LogP contribution in [0.2, 0.25) is 0 Å². The van der Waals surface area contributed by atoms with Crippen molar-refractivity contribution in [3.05, 3.63) is 18.1 Å². The summed E-state index contributed by atoms with van der Waals surface area (Å²) in [6.45, 7) is 8.25. The molecule has 0 radical (unpaired) electrons. The van der Waals surface area contributed by atoms with Crippen LogP contribution in [0.1, 0.15) is 53.9 Å². The van der Waals surface area contributed by atoms with Gasteiger partial charge >= 0.3 is 0 Å². The number of amides is 4. The highest BCUT2D eigenvalue weighted by Gasteiger charge is 2.65. The lowest BCUT2D eigenvalue weighted by Crippen LogP contribution is -2.61. The smallest absolute Gasteiger partial charge is 0.271 e. The van der Waals surface area contributed by atoms with Crippen LogP contribution in [0, 0.1) is 46.2 Å². The van der Waals surface area contributed by atoms with Gasteiger partial charge in [-0.25, -0.2) is 13.8 Å². The maximum atomic E-state index is 15.2. The number of nitriles is 1. The van der Waals surface area contributed by atoms with Gasteiger partial charge in [-0.05, 0) is 55.8 Å². The Balaban J connectivity index is 1.35. The van der Waals surface area contributed by atoms with Crippen LogP contribution >= 0.6 is 11.6 Å². The minimum atomic E-state index is -1.70. The molecule has 2 saturated heterocycles. The van der Waals surface area contributed by atoms with Gasteiger partial charge in [-0.1, -0.05) is 20.8 Å². The first kappa shape index (κ1) is 31.5. The van der Waals surface area contributed by atoms with Crippen LogP contribution in [0.3, 0.4) is 0 Å². The molecule has 6 rings (SSSR count). The summed E-state index contributed by atoms with van der Waals surface area (Å²) in [7, 11) is 0. The third-order valence-electron chi connectivity index (χ3n) is 10.3. The Labute approximate surface area is 265 Å². The van der Waals surface area contributed by atoms with Crippen molar-refractivity contribution in [2.24, 2.45) is 29.1 Å². The third-order valence-corrected chi connectivity index (χ3v) is 10.4. The summed E-state index contributed by atoms with van der Waals surface area (Å²) in [5, 5.41) is 15.5. The van der Waals surface area contributed by atoms with E-state index in [0.717, 1.165) is 12.3 Å². The van der Waals surface area contributed by atoms with Crippen LogP contribution in [0.5, 0.6) is 5.75 Å². The number of carbonyl (C=O) groups excluding carboxylic acids is 4. The summed E-state index contributed by atoms with van der Waals surface area (Å²) in [6.07, 6.45) is 0.573. The normalized spacial score (nSPS) is 34.1. The molecule has 4 fully saturated rings. The average Bonchev–Trinajstić information content (AvgIpc) is 3.70. The molecule has 4 amide bonds. The van der Waals surface area contributed by atoms with Crippen molar-refractivity contribution >= 4 is 41.0 Å². The van der Waals surface area contributed by atoms with Gasteiger partial charge in [0, 0.05) is 19.0 Å². The molecule has 1 spiro atoms. The van der Waals surface area contributed by atoms with E-state index in [-0.39, 0.29) is 42.9 Å². The fourth-order valence-corrected chi connectivity index (χ4v) is 8.12. The van der Waals surface area contributed by atoms with E-state index in [1.807, 2.05) is 0 Å². The highest BCUT2D eigenvalue weighted by molar-refractivity contribution is 6.34. The Kier molecular flexibility index (Phi) is 7.34. The number of anilines is 1. The Morgan fingerprint density at radius 3 is 2.58 bits per heavy atom. The zero-order valence-electron chi connectivity index (χ0n) is 25.8. The largest absolute Gasteiger partial charge is 0.471 e. The number of alkyl halides is 2. The number of halogens is 3. The molecule has 2 bridgehead atoms. The summed E-state index contributed by atoms with van der Waals surface area (Å²) in [5.74, 6) is -4.04. The van der Waals surface area contributed by atoms with E-state index in [4.69, 9.17) is 16.3 Å². The summed E-state index contributed by atoms with van der Waals surface area (Å²) in [6, 6.07) is -0.135. The first-order valence-electron chi connectivity index (χ1n) is 15.3. The van der Waals surface area contributed by atoms with E-state index < -0.39 is 81.5 Å². The fourth-order valence-electron chi connectivity index (χ4n) is 8.07. The topological polar surface area (TPSA) is 145 Å². The lowest BCUT2D eigenvalue weighted by atomic mass is 9.77. The molecule has 4 heterocycles. The summed E-state index contributed by atoms with van der Waals surface area (Å²) < 4.78 is 35.2. The number of fused-ring (bicyclic) bond motifs is 6. The monoisotopic (exact) mass is 646 g/mol. The number of rotatable bonds is 4. The van der Waals surface area contributed by atoms with E-state index in [9.17, 15) is 28.8 Å². The Hall–Kier alpha value is -3.53. The molecular formula is C31H37ClF2N6O5. The minimum absolute atomic E-state index is 0.00408. The van der Waals surface area contributed by atoms with Gasteiger partial charge in [0.1, 0.15) is 35.0 Å². The molecule has 1 aromatic rings. The average molecular weight is 647 g/mol. The molecule has 2 N–H and O–H groups in total. The number of likely N-dealkylation sites (tertiary alicyclic amines) is 2. The molecule has 0 aromatic carbocycles. The number of hydrogen-bond donors (Lipinski definition) is 2. The first-order chi connectivity index (χ1) is 20.9. The predicted octanol–water partition coefficient (Wildman–Crippen LogP) is 2.78. The SMILES string of the molecule is CC(C)(Cl)C(=O)NC(C(=O)N1CC2C3CC(F)C(C3)C2C1C(=O)N1CC2(CC1C#N)Oc1cc(F)cnc1NC2=O)C(C)(C)C. The molecule has 5 aliphatic rings. The van der Waals surface area contributed by atoms with Gasteiger partial charge in [-0.2, -0.15) is 5.26 Å². The van der Waals surface area contributed by atoms with Crippen molar-refractivity contribution < 1.29 is 32.7 Å². The highest BCUT2D eigenvalue weighted by Crippen LogP contribution is 2.59. The zero-order chi connectivity index (χ0) is 32.8. The van der Waals surface area contributed by atoms with Gasteiger partial charge in [0.2, 0.25) is 23.3 Å². The lowest BCUT2D eigenvalue weighted by molar-refractivity contribution is -0.150. The van der Waals surface area contributed by atoms with Crippen molar-refractivity contribution in [3.63, 3.8) is 0 Å². The maximum absolute atomic E-state index is 15.2. The number of ether oxygens (including phenoxy) is 1. The maximum Gasteiger partial charge on any atom is 0.271 e. The van der Waals surface area contributed by atoms with Gasteiger partial charge in [0.15, 0.2) is 11.6 Å². The first-order valence-corrected chi connectivity index (χ1v) is 15.6. The summed E-state index contributed by atoms with van der Waals surface area (Å²) in [4.78, 5) is 60.5. The quantitative estimate of drug-likeness (QED) is 0.479. The molecule has 2 aliphatic carbocycles. The number of nitrogens with one attached hydrogen (secondary N) is 2. The van der Waals surface area contributed by atoms with Gasteiger partial charge in [-0.3, -0.25) is 19.2 Å². The lowest BCUT2D eigenvalue weighted by Gasteiger charge is -2.39. The standard InChI is InChI=1S/C31H37ClF2N6O5/c1-29(2,3)23(37-27(43)30(4,5)32)26(42)39-12-18-14-6-17(19(34)7-14)21(18)22(39)25(41)40-13-31(9-16(40)10-35)28(44)38-24-20(45-31)8-15(33)11-36-24/h8,11,14,16-19,21-23H,6-7,9,12-13H2,1-5H3,(H,37,43)(H,36,38,44). The van der Waals surface area contributed by atoms with Crippen molar-refractivity contribution in [1.29, 1.82) is 5.26 Å². The van der Waals surface area contributed by atoms with Crippen molar-refractivity contribution in [2.45, 2.75) is 88.7 Å². The van der Waals surface area contributed by atoms with E-state index in [1.54, 1.807) is 20.8 Å². The number of nitrogens with zero attached hydrogens (tertiary/aromatic N) is 4. The summed E-state index contributed by atoms with van der Waals surface area (Å²) in [5.41, 5.74) is -2.48. The molecule has 3 aliphatic heterocycles. The predicted molar refractivity (Wildman–Crippen MR) is 157 cm³/mol. The van der Waals surface area contributed by atoms with Gasteiger partial charge < -0.3 is 25.2 Å². The van der Waals surface area contributed by atoms with Crippen molar-refractivity contribution in [2.75, 3.05) is 18.4 Å². The molecule has 242 valence electrons. The zero-order valence-corrected chi connectivity index (χ0v) is 26.5. The van der Waals surface area contributed by atoms with E-state index >= 15 is 4.39 Å². The molecule has 11 nitrogen and oxygen atoms in total. The van der Waals surface area contributed by atoms with Crippen LogP contribution in [0.25, 0.3) is 0 Å². The Morgan fingerprint density at radius 2 is 1.93 bits per heavy atom. The number of aromatic nitrogens is 1. The molecule has 14 heteroatoms. The number of carbonyl (C=O) groups is 4.